The van der Waals surface area contributed by atoms with Crippen molar-refractivity contribution in [1.82, 2.24) is 9.78 Å². The first-order valence-electron chi connectivity index (χ1n) is 8.34. The second-order valence-corrected chi connectivity index (χ2v) is 6.70. The third kappa shape index (κ3) is 3.33. The van der Waals surface area contributed by atoms with Crippen molar-refractivity contribution in [3.63, 3.8) is 0 Å². The lowest BCUT2D eigenvalue weighted by atomic mass is 10.0. The van der Waals surface area contributed by atoms with E-state index < -0.39 is 24.2 Å². The molecule has 4 rings (SSSR count). The largest absolute Gasteiger partial charge is 0.467 e. The average Bonchev–Trinajstić information content (AvgIpc) is 3.31. The van der Waals surface area contributed by atoms with Gasteiger partial charge in [-0.2, -0.15) is 18.3 Å². The van der Waals surface area contributed by atoms with Crippen LogP contribution in [0.1, 0.15) is 34.6 Å². The van der Waals surface area contributed by atoms with Crippen LogP contribution in [0.25, 0.3) is 0 Å². The van der Waals surface area contributed by atoms with Gasteiger partial charge in [-0.3, -0.25) is 4.79 Å². The van der Waals surface area contributed by atoms with Crippen molar-refractivity contribution in [2.45, 2.75) is 24.7 Å². The molecule has 0 spiro atoms. The fraction of sp³-hybridized carbons (Fsp3) is 0.222. The second-order valence-electron chi connectivity index (χ2n) is 6.29. The maximum Gasteiger partial charge on any atom is 0.410 e. The Hall–Kier alpha value is -2.94. The van der Waals surface area contributed by atoms with Gasteiger partial charge < -0.3 is 15.1 Å². The number of hydrogen-bond acceptors (Lipinski definition) is 4. The normalized spacial score (nSPS) is 19.0. The molecule has 0 saturated heterocycles. The maximum atomic E-state index is 13.6. The van der Waals surface area contributed by atoms with E-state index in [2.05, 4.69) is 15.7 Å². The first-order valence-corrected chi connectivity index (χ1v) is 8.72. The number of fused-ring (bicyclic) bond motifs is 1. The fourth-order valence-corrected chi connectivity index (χ4v) is 3.34. The van der Waals surface area contributed by atoms with Gasteiger partial charge in [0.15, 0.2) is 6.04 Å². The van der Waals surface area contributed by atoms with Crippen molar-refractivity contribution in [3.8, 4) is 0 Å². The molecule has 2 N–H and O–H groups in total. The standard InChI is InChI=1S/C18H14ClF3N4O2/c19-11-4-1-2-5-12(11)25-17(27)10-9-23-26-15(18(20,21)22)8-13(24-16(10)26)14-6-3-7-28-14/h1-7,9,13,15,24H,8H2,(H,25,27)/t13-,15-/m1/s1. The van der Waals surface area contributed by atoms with Crippen LogP contribution in [0.4, 0.5) is 24.7 Å². The van der Waals surface area contributed by atoms with Crippen molar-refractivity contribution in [2.75, 3.05) is 10.6 Å². The van der Waals surface area contributed by atoms with Crippen molar-refractivity contribution < 1.29 is 22.4 Å². The van der Waals surface area contributed by atoms with Gasteiger partial charge in [-0.25, -0.2) is 4.68 Å². The van der Waals surface area contributed by atoms with Crippen LogP contribution >= 0.6 is 11.6 Å². The summed E-state index contributed by atoms with van der Waals surface area (Å²) in [4.78, 5) is 12.7. The van der Waals surface area contributed by atoms with Crippen molar-refractivity contribution in [1.29, 1.82) is 0 Å². The van der Waals surface area contributed by atoms with Gasteiger partial charge in [0.05, 0.1) is 29.2 Å². The molecule has 1 aromatic carbocycles. The lowest BCUT2D eigenvalue weighted by Crippen LogP contribution is -2.36. The van der Waals surface area contributed by atoms with Crippen LogP contribution in [-0.4, -0.2) is 21.9 Å². The van der Waals surface area contributed by atoms with Gasteiger partial charge in [0, 0.05) is 6.42 Å². The predicted molar refractivity (Wildman–Crippen MR) is 96.4 cm³/mol. The summed E-state index contributed by atoms with van der Waals surface area (Å²) in [6.07, 6.45) is -2.35. The summed E-state index contributed by atoms with van der Waals surface area (Å²) in [7, 11) is 0. The lowest BCUT2D eigenvalue weighted by Gasteiger charge is -2.32. The number of para-hydroxylation sites is 1. The van der Waals surface area contributed by atoms with Crippen molar-refractivity contribution in [3.05, 3.63) is 65.2 Å². The topological polar surface area (TPSA) is 72.1 Å². The van der Waals surface area contributed by atoms with Crippen LogP contribution in [0, 0.1) is 0 Å². The van der Waals surface area contributed by atoms with E-state index in [0.29, 0.717) is 16.5 Å². The highest BCUT2D eigenvalue weighted by Crippen LogP contribution is 2.44. The van der Waals surface area contributed by atoms with E-state index in [-0.39, 0.29) is 17.8 Å². The maximum absolute atomic E-state index is 13.6. The number of benzene rings is 1. The summed E-state index contributed by atoms with van der Waals surface area (Å²) in [6.45, 7) is 0. The van der Waals surface area contributed by atoms with E-state index >= 15 is 0 Å². The minimum Gasteiger partial charge on any atom is -0.467 e. The molecule has 2 aromatic heterocycles. The zero-order valence-electron chi connectivity index (χ0n) is 14.2. The Bertz CT molecular complexity index is 1000. The number of carbonyl (C=O) groups excluding carboxylic acids is 1. The van der Waals surface area contributed by atoms with Crippen LogP contribution in [0.3, 0.4) is 0 Å². The van der Waals surface area contributed by atoms with Crippen LogP contribution in [0.5, 0.6) is 0 Å². The zero-order chi connectivity index (χ0) is 19.9. The molecule has 1 amide bonds. The molecular weight excluding hydrogens is 397 g/mol. The van der Waals surface area contributed by atoms with Crippen LogP contribution in [-0.2, 0) is 0 Å². The number of carbonyl (C=O) groups is 1. The van der Waals surface area contributed by atoms with Gasteiger partial charge in [-0.1, -0.05) is 23.7 Å². The number of anilines is 2. The van der Waals surface area contributed by atoms with Crippen LogP contribution in [0.2, 0.25) is 5.02 Å². The summed E-state index contributed by atoms with van der Waals surface area (Å²) in [5.74, 6) is -0.304. The number of alkyl halides is 3. The number of rotatable bonds is 3. The van der Waals surface area contributed by atoms with Gasteiger partial charge in [-0.05, 0) is 24.3 Å². The van der Waals surface area contributed by atoms with Gasteiger partial charge in [0.2, 0.25) is 0 Å². The van der Waals surface area contributed by atoms with E-state index in [4.69, 9.17) is 16.0 Å². The average molecular weight is 411 g/mol. The molecule has 6 nitrogen and oxygen atoms in total. The molecule has 0 aliphatic carbocycles. The summed E-state index contributed by atoms with van der Waals surface area (Å²) < 4.78 is 46.9. The Kier molecular flexibility index (Phi) is 4.54. The van der Waals surface area contributed by atoms with Gasteiger partial charge in [0.25, 0.3) is 5.91 Å². The number of nitrogens with zero attached hydrogens (tertiary/aromatic N) is 2. The van der Waals surface area contributed by atoms with E-state index in [9.17, 15) is 18.0 Å². The summed E-state index contributed by atoms with van der Waals surface area (Å²) in [6, 6.07) is 7.10. The highest BCUT2D eigenvalue weighted by molar-refractivity contribution is 6.34. The third-order valence-electron chi connectivity index (χ3n) is 4.49. The Balaban J connectivity index is 1.70. The van der Waals surface area contributed by atoms with E-state index in [1.807, 2.05) is 0 Å². The van der Waals surface area contributed by atoms with Crippen LogP contribution < -0.4 is 10.6 Å². The number of aromatic nitrogens is 2. The Morgan fingerprint density at radius 1 is 1.29 bits per heavy atom. The van der Waals surface area contributed by atoms with E-state index in [1.165, 1.54) is 6.26 Å². The highest BCUT2D eigenvalue weighted by atomic mass is 35.5. The molecule has 3 aromatic rings. The van der Waals surface area contributed by atoms with Crippen molar-refractivity contribution >= 4 is 29.0 Å². The van der Waals surface area contributed by atoms with E-state index in [1.54, 1.807) is 36.4 Å². The number of nitrogens with one attached hydrogen (secondary N) is 2. The summed E-state index contributed by atoms with van der Waals surface area (Å²) in [5, 5.41) is 9.67. The Morgan fingerprint density at radius 2 is 2.07 bits per heavy atom. The minimum absolute atomic E-state index is 0.0228. The molecular formula is C18H14ClF3N4O2. The molecule has 0 unspecified atom stereocenters. The SMILES string of the molecule is O=C(Nc1ccccc1Cl)c1cnn2c1N[C@@H](c1ccco1)C[C@@H]2C(F)(F)F. The molecule has 0 fully saturated rings. The molecule has 2 atom stereocenters. The molecule has 1 aliphatic heterocycles. The first-order chi connectivity index (χ1) is 13.3. The summed E-state index contributed by atoms with van der Waals surface area (Å²) >= 11 is 6.03. The molecule has 10 heteroatoms. The molecule has 3 heterocycles. The van der Waals surface area contributed by atoms with Gasteiger partial charge >= 0.3 is 6.18 Å². The number of furan rings is 1. The molecule has 1 aliphatic rings. The highest BCUT2D eigenvalue weighted by Gasteiger charge is 2.47. The molecule has 0 bridgehead atoms. The van der Waals surface area contributed by atoms with E-state index in [0.717, 1.165) is 10.9 Å². The number of halogens is 4. The van der Waals surface area contributed by atoms with Gasteiger partial charge in [0.1, 0.15) is 17.1 Å². The molecule has 146 valence electrons. The van der Waals surface area contributed by atoms with Crippen molar-refractivity contribution in [2.24, 2.45) is 0 Å². The minimum atomic E-state index is -4.54. The van der Waals surface area contributed by atoms with Gasteiger partial charge in [-0.15, -0.1) is 0 Å². The molecule has 0 radical (unpaired) electrons. The lowest BCUT2D eigenvalue weighted by molar-refractivity contribution is -0.174. The monoisotopic (exact) mass is 410 g/mol. The Morgan fingerprint density at radius 3 is 2.75 bits per heavy atom. The predicted octanol–water partition coefficient (Wildman–Crippen LogP) is 5.04. The molecule has 0 saturated carbocycles. The summed E-state index contributed by atoms with van der Waals surface area (Å²) in [5.41, 5.74) is 0.324. The second kappa shape index (κ2) is 6.90. The smallest absolute Gasteiger partial charge is 0.410 e. The fourth-order valence-electron chi connectivity index (χ4n) is 3.16. The molecule has 28 heavy (non-hydrogen) atoms. The Labute approximate surface area is 162 Å². The van der Waals surface area contributed by atoms with Crippen LogP contribution in [0.15, 0.2) is 53.3 Å². The number of amides is 1. The third-order valence-corrected chi connectivity index (χ3v) is 4.82. The zero-order valence-corrected chi connectivity index (χ0v) is 15.0. The quantitative estimate of drug-likeness (QED) is 0.634. The number of hydrogen-bond donors (Lipinski definition) is 2. The first kappa shape index (κ1) is 18.4.